The number of thioether (sulfide) groups is 1. The monoisotopic (exact) mass is 416 g/mol. The molecule has 0 fully saturated rings. The van der Waals surface area contributed by atoms with Crippen molar-refractivity contribution in [1.29, 1.82) is 0 Å². The summed E-state index contributed by atoms with van der Waals surface area (Å²) < 4.78 is 36.6. The predicted octanol–water partition coefficient (Wildman–Crippen LogP) is 4.43. The van der Waals surface area contributed by atoms with Gasteiger partial charge in [-0.25, -0.2) is 0 Å². The molecule has 150 valence electrons. The van der Waals surface area contributed by atoms with Crippen molar-refractivity contribution in [3.63, 3.8) is 0 Å². The van der Waals surface area contributed by atoms with Crippen LogP contribution in [-0.2, 0) is 6.61 Å². The Morgan fingerprint density at radius 2 is 1.90 bits per heavy atom. The van der Waals surface area contributed by atoms with Gasteiger partial charge >= 0.3 is 6.61 Å². The Hall–Kier alpha value is -2.94. The lowest BCUT2D eigenvalue weighted by Gasteiger charge is -2.15. The number of rotatable bonds is 6. The first-order chi connectivity index (χ1) is 14.0. The maximum absolute atomic E-state index is 12.3. The van der Waals surface area contributed by atoms with E-state index in [1.807, 2.05) is 32.0 Å². The highest BCUT2D eigenvalue weighted by Crippen LogP contribution is 2.26. The highest BCUT2D eigenvalue weighted by Gasteiger charge is 2.20. The van der Waals surface area contributed by atoms with Crippen molar-refractivity contribution in [2.45, 2.75) is 32.2 Å². The molecule has 4 rings (SSSR count). The van der Waals surface area contributed by atoms with Crippen LogP contribution in [0.3, 0.4) is 0 Å². The molecule has 0 radical (unpaired) electrons. The predicted molar refractivity (Wildman–Crippen MR) is 106 cm³/mol. The molecule has 29 heavy (non-hydrogen) atoms. The van der Waals surface area contributed by atoms with E-state index in [1.54, 1.807) is 16.8 Å². The van der Waals surface area contributed by atoms with E-state index in [0.717, 1.165) is 28.2 Å². The molecular formula is C20H18F2N4O2S. The van der Waals surface area contributed by atoms with Gasteiger partial charge in [0, 0.05) is 5.75 Å². The molecule has 0 unspecified atom stereocenters. The van der Waals surface area contributed by atoms with Crippen LogP contribution in [0.4, 0.5) is 8.78 Å². The Bertz CT molecular complexity index is 1050. The van der Waals surface area contributed by atoms with Gasteiger partial charge in [-0.2, -0.15) is 18.6 Å². The summed E-state index contributed by atoms with van der Waals surface area (Å²) in [5, 5.41) is 13.7. The minimum absolute atomic E-state index is 0.111. The van der Waals surface area contributed by atoms with Crippen LogP contribution in [0.2, 0.25) is 0 Å². The maximum Gasteiger partial charge on any atom is 0.387 e. The Labute approximate surface area is 170 Å². The van der Waals surface area contributed by atoms with Gasteiger partial charge in [-0.15, -0.1) is 10.2 Å². The minimum Gasteiger partial charge on any atom is -0.485 e. The number of aromatic nitrogens is 3. The van der Waals surface area contributed by atoms with Gasteiger partial charge in [-0.3, -0.25) is 0 Å². The fourth-order valence-corrected chi connectivity index (χ4v) is 3.69. The molecule has 0 bridgehead atoms. The number of aryl methyl sites for hydroxylation is 2. The molecule has 1 aromatic heterocycles. The Morgan fingerprint density at radius 1 is 1.10 bits per heavy atom. The van der Waals surface area contributed by atoms with Crippen molar-refractivity contribution >= 4 is 17.5 Å². The first-order valence-corrected chi connectivity index (χ1v) is 9.88. The van der Waals surface area contributed by atoms with Gasteiger partial charge in [0.25, 0.3) is 0 Å². The number of hydrogen-bond donors (Lipinski definition) is 0. The van der Waals surface area contributed by atoms with Crippen molar-refractivity contribution in [2.24, 2.45) is 5.10 Å². The summed E-state index contributed by atoms with van der Waals surface area (Å²) in [4.78, 5) is 0. The third kappa shape index (κ3) is 4.40. The fourth-order valence-electron chi connectivity index (χ4n) is 2.83. The van der Waals surface area contributed by atoms with Crippen molar-refractivity contribution in [1.82, 2.24) is 14.9 Å². The topological polar surface area (TPSA) is 61.5 Å². The standard InChI is InChI=1S/C20H18F2N4O2S/c1-12-3-4-13(2)17(9-12)27-10-18-23-24-20-26(18)25-16(11-29-20)14-5-7-15(8-6-14)28-19(21)22/h3-9,19H,10-11H2,1-2H3. The van der Waals surface area contributed by atoms with Crippen LogP contribution in [0.15, 0.2) is 52.7 Å². The maximum atomic E-state index is 12.3. The highest BCUT2D eigenvalue weighted by atomic mass is 32.2. The van der Waals surface area contributed by atoms with Gasteiger partial charge < -0.3 is 9.47 Å². The van der Waals surface area contributed by atoms with Gasteiger partial charge in [0.05, 0.1) is 5.71 Å². The number of fused-ring (bicyclic) bond motifs is 1. The molecule has 0 spiro atoms. The Balaban J connectivity index is 1.53. The molecule has 1 aliphatic heterocycles. The third-order valence-electron chi connectivity index (χ3n) is 4.35. The molecule has 1 aliphatic rings. The molecule has 0 N–H and O–H groups in total. The lowest BCUT2D eigenvalue weighted by Crippen LogP contribution is -2.15. The average molecular weight is 416 g/mol. The van der Waals surface area contributed by atoms with E-state index < -0.39 is 6.61 Å². The molecule has 3 aromatic rings. The zero-order valence-electron chi connectivity index (χ0n) is 15.8. The smallest absolute Gasteiger partial charge is 0.387 e. The van der Waals surface area contributed by atoms with Gasteiger partial charge in [-0.1, -0.05) is 23.9 Å². The van der Waals surface area contributed by atoms with Crippen LogP contribution in [0.25, 0.3) is 0 Å². The van der Waals surface area contributed by atoms with Crippen molar-refractivity contribution in [2.75, 3.05) is 5.75 Å². The van der Waals surface area contributed by atoms with E-state index in [1.165, 1.54) is 23.9 Å². The second-order valence-corrected chi connectivity index (χ2v) is 7.45. The van der Waals surface area contributed by atoms with E-state index in [0.29, 0.717) is 16.7 Å². The van der Waals surface area contributed by atoms with Gasteiger partial charge in [0.15, 0.2) is 5.82 Å². The molecule has 0 aliphatic carbocycles. The van der Waals surface area contributed by atoms with E-state index in [9.17, 15) is 8.78 Å². The first kappa shape index (κ1) is 19.4. The zero-order valence-corrected chi connectivity index (χ0v) is 16.6. The van der Waals surface area contributed by atoms with Crippen LogP contribution >= 0.6 is 11.8 Å². The molecule has 0 amide bonds. The van der Waals surface area contributed by atoms with Crippen LogP contribution in [0.1, 0.15) is 22.5 Å². The molecule has 0 atom stereocenters. The number of ether oxygens (including phenoxy) is 2. The average Bonchev–Trinajstić information content (AvgIpc) is 3.11. The summed E-state index contributed by atoms with van der Waals surface area (Å²) in [5.74, 6) is 2.10. The summed E-state index contributed by atoms with van der Waals surface area (Å²) >= 11 is 1.51. The summed E-state index contributed by atoms with van der Waals surface area (Å²) in [6, 6.07) is 12.4. The minimum atomic E-state index is -2.84. The largest absolute Gasteiger partial charge is 0.485 e. The van der Waals surface area contributed by atoms with Crippen molar-refractivity contribution < 1.29 is 18.3 Å². The van der Waals surface area contributed by atoms with Crippen LogP contribution in [-0.4, -0.2) is 32.9 Å². The SMILES string of the molecule is Cc1ccc(C)c(OCc2nnc3n2N=C(c2ccc(OC(F)F)cc2)CS3)c1. The first-order valence-electron chi connectivity index (χ1n) is 8.90. The zero-order chi connectivity index (χ0) is 20.4. The van der Waals surface area contributed by atoms with E-state index in [-0.39, 0.29) is 12.4 Å². The van der Waals surface area contributed by atoms with E-state index >= 15 is 0 Å². The Morgan fingerprint density at radius 3 is 2.66 bits per heavy atom. The lowest BCUT2D eigenvalue weighted by atomic mass is 10.1. The fraction of sp³-hybridized carbons (Fsp3) is 0.250. The second-order valence-electron chi connectivity index (χ2n) is 6.51. The number of nitrogens with zero attached hydrogens (tertiary/aromatic N) is 4. The van der Waals surface area contributed by atoms with Gasteiger partial charge in [0.1, 0.15) is 18.1 Å². The molecular weight excluding hydrogens is 398 g/mol. The molecule has 0 saturated heterocycles. The highest BCUT2D eigenvalue weighted by molar-refractivity contribution is 7.99. The van der Waals surface area contributed by atoms with Crippen LogP contribution in [0, 0.1) is 13.8 Å². The van der Waals surface area contributed by atoms with Crippen LogP contribution < -0.4 is 9.47 Å². The quantitative estimate of drug-likeness (QED) is 0.595. The van der Waals surface area contributed by atoms with E-state index in [4.69, 9.17) is 4.74 Å². The molecule has 6 nitrogen and oxygen atoms in total. The summed E-state index contributed by atoms with van der Waals surface area (Å²) in [7, 11) is 0. The van der Waals surface area contributed by atoms with Gasteiger partial charge in [-0.05, 0) is 60.9 Å². The molecule has 0 saturated carbocycles. The van der Waals surface area contributed by atoms with Crippen molar-refractivity contribution in [3.05, 3.63) is 65.0 Å². The third-order valence-corrected chi connectivity index (χ3v) is 5.28. The summed E-state index contributed by atoms with van der Waals surface area (Å²) in [6.45, 7) is 1.38. The molecule has 2 aromatic carbocycles. The second kappa shape index (κ2) is 8.20. The van der Waals surface area contributed by atoms with Crippen LogP contribution in [0.5, 0.6) is 11.5 Å². The number of hydrogen-bond acceptors (Lipinski definition) is 6. The lowest BCUT2D eigenvalue weighted by molar-refractivity contribution is -0.0498. The molecule has 2 heterocycles. The number of benzene rings is 2. The summed E-state index contributed by atoms with van der Waals surface area (Å²) in [5.41, 5.74) is 3.77. The van der Waals surface area contributed by atoms with E-state index in [2.05, 4.69) is 20.0 Å². The number of alkyl halides is 2. The van der Waals surface area contributed by atoms with Gasteiger partial charge in [0.2, 0.25) is 5.16 Å². The normalized spacial score (nSPS) is 13.2. The van der Waals surface area contributed by atoms with Crippen molar-refractivity contribution in [3.8, 4) is 11.5 Å². The number of halogens is 2. The molecule has 9 heteroatoms. The Kier molecular flexibility index (Phi) is 5.48. The summed E-state index contributed by atoms with van der Waals surface area (Å²) in [6.07, 6.45) is 0.